The number of hydrogen-bond donors (Lipinski definition) is 1. The number of aromatic nitrogens is 1. The normalized spacial score (nSPS) is 10.6. The highest BCUT2D eigenvalue weighted by Crippen LogP contribution is 2.11. The number of nitrogens with two attached hydrogens (primary N) is 1. The summed E-state index contributed by atoms with van der Waals surface area (Å²) in [6.45, 7) is 0.446. The molecule has 88 valence electrons. The molecular formula is C12H11FN2OS. The summed E-state index contributed by atoms with van der Waals surface area (Å²) in [5.41, 5.74) is 5.24. The summed E-state index contributed by atoms with van der Waals surface area (Å²) >= 11 is 4.76. The highest BCUT2D eigenvalue weighted by Gasteiger charge is 2.03. The topological polar surface area (TPSA) is 48.0 Å². The first-order valence-electron chi connectivity index (χ1n) is 5.15. The molecule has 0 saturated carbocycles. The first-order chi connectivity index (χ1) is 8.08. The van der Waals surface area contributed by atoms with Crippen molar-refractivity contribution in [1.82, 2.24) is 4.57 Å². The van der Waals surface area contributed by atoms with E-state index in [0.717, 1.165) is 0 Å². The Morgan fingerprint density at radius 2 is 2.18 bits per heavy atom. The third-order valence-corrected chi connectivity index (χ3v) is 2.74. The first kappa shape index (κ1) is 11.7. The molecule has 2 aromatic rings. The molecule has 0 aliphatic carbocycles. The van der Waals surface area contributed by atoms with Gasteiger partial charge >= 0.3 is 0 Å². The molecule has 0 aliphatic heterocycles. The van der Waals surface area contributed by atoms with Gasteiger partial charge < -0.3 is 10.3 Å². The van der Waals surface area contributed by atoms with E-state index in [-0.39, 0.29) is 11.4 Å². The van der Waals surface area contributed by atoms with Crippen molar-refractivity contribution < 1.29 is 4.39 Å². The molecule has 0 fully saturated rings. The molecule has 1 aromatic carbocycles. The van der Waals surface area contributed by atoms with Crippen LogP contribution in [-0.2, 0) is 6.54 Å². The van der Waals surface area contributed by atoms with E-state index in [9.17, 15) is 9.18 Å². The van der Waals surface area contributed by atoms with Gasteiger partial charge in [0, 0.05) is 24.5 Å². The molecule has 2 rings (SSSR count). The number of benzene rings is 1. The fraction of sp³-hybridized carbons (Fsp3) is 0.167. The summed E-state index contributed by atoms with van der Waals surface area (Å²) in [4.78, 5) is 12.4. The fourth-order valence-electron chi connectivity index (χ4n) is 1.67. The lowest BCUT2D eigenvalue weighted by atomic mass is 10.1. The number of hydrogen-bond acceptors (Lipinski definition) is 2. The Balaban J connectivity index is 2.47. The minimum Gasteiger partial charge on any atom is -0.393 e. The van der Waals surface area contributed by atoms with E-state index < -0.39 is 0 Å². The molecule has 0 spiro atoms. The molecule has 0 atom stereocenters. The Hall–Kier alpha value is -1.75. The smallest absolute Gasteiger partial charge is 0.258 e. The van der Waals surface area contributed by atoms with Crippen LogP contribution in [0.15, 0.2) is 35.3 Å². The van der Waals surface area contributed by atoms with Crippen molar-refractivity contribution in [3.05, 3.63) is 46.6 Å². The van der Waals surface area contributed by atoms with E-state index >= 15 is 0 Å². The summed E-state index contributed by atoms with van der Waals surface area (Å²) in [5.74, 6) is -0.349. The van der Waals surface area contributed by atoms with E-state index in [0.29, 0.717) is 28.7 Å². The maximum Gasteiger partial charge on any atom is 0.258 e. The minimum atomic E-state index is -0.349. The van der Waals surface area contributed by atoms with Crippen molar-refractivity contribution in [1.29, 1.82) is 0 Å². The minimum absolute atomic E-state index is 0.154. The van der Waals surface area contributed by atoms with Gasteiger partial charge in [-0.25, -0.2) is 4.39 Å². The Kier molecular flexibility index (Phi) is 3.19. The molecule has 3 nitrogen and oxygen atoms in total. The molecule has 2 N–H and O–H groups in total. The molecule has 0 bridgehead atoms. The average Bonchev–Trinajstić information content (AvgIpc) is 2.27. The van der Waals surface area contributed by atoms with Gasteiger partial charge in [0.2, 0.25) is 0 Å². The predicted molar refractivity (Wildman–Crippen MR) is 69.6 cm³/mol. The van der Waals surface area contributed by atoms with Crippen LogP contribution in [0.5, 0.6) is 0 Å². The van der Waals surface area contributed by atoms with Crippen molar-refractivity contribution >= 4 is 28.0 Å². The number of fused-ring (bicyclic) bond motifs is 1. The maximum atomic E-state index is 13.0. The number of rotatable bonds is 3. The Morgan fingerprint density at radius 3 is 2.88 bits per heavy atom. The van der Waals surface area contributed by atoms with E-state index in [1.165, 1.54) is 22.8 Å². The maximum absolute atomic E-state index is 13.0. The second-order valence-corrected chi connectivity index (χ2v) is 4.29. The van der Waals surface area contributed by atoms with Gasteiger partial charge in [-0.1, -0.05) is 12.2 Å². The fourth-order valence-corrected chi connectivity index (χ4v) is 1.76. The average molecular weight is 250 g/mol. The molecule has 5 heteroatoms. The molecule has 0 aliphatic rings. The van der Waals surface area contributed by atoms with Crippen molar-refractivity contribution in [2.24, 2.45) is 5.73 Å². The summed E-state index contributed by atoms with van der Waals surface area (Å²) in [5, 5.41) is 1.10. The van der Waals surface area contributed by atoms with Crippen LogP contribution in [0.2, 0.25) is 0 Å². The van der Waals surface area contributed by atoms with Crippen LogP contribution in [-0.4, -0.2) is 9.56 Å². The second kappa shape index (κ2) is 4.63. The van der Waals surface area contributed by atoms with E-state index in [1.54, 1.807) is 12.3 Å². The van der Waals surface area contributed by atoms with E-state index in [2.05, 4.69) is 0 Å². The number of pyridine rings is 1. The van der Waals surface area contributed by atoms with Gasteiger partial charge in [0.05, 0.1) is 4.99 Å². The van der Waals surface area contributed by atoms with Crippen LogP contribution in [0.3, 0.4) is 0 Å². The van der Waals surface area contributed by atoms with Crippen molar-refractivity contribution in [3.8, 4) is 0 Å². The predicted octanol–water partition coefficient (Wildman–Crippen LogP) is 1.82. The SMILES string of the molecule is NC(=S)CCn1ccc2cc(F)ccc2c1=O. The number of halogens is 1. The summed E-state index contributed by atoms with van der Waals surface area (Å²) in [6.07, 6.45) is 2.10. The molecule has 0 saturated heterocycles. The van der Waals surface area contributed by atoms with Crippen LogP contribution in [0.1, 0.15) is 6.42 Å². The lowest BCUT2D eigenvalue weighted by Crippen LogP contribution is -2.22. The van der Waals surface area contributed by atoms with Crippen molar-refractivity contribution in [2.45, 2.75) is 13.0 Å². The quantitative estimate of drug-likeness (QED) is 0.845. The second-order valence-electron chi connectivity index (χ2n) is 3.76. The molecule has 1 aromatic heterocycles. The highest BCUT2D eigenvalue weighted by atomic mass is 32.1. The van der Waals surface area contributed by atoms with E-state index in [1.807, 2.05) is 0 Å². The molecule has 1 heterocycles. The van der Waals surface area contributed by atoms with Gasteiger partial charge in [0.1, 0.15) is 5.82 Å². The van der Waals surface area contributed by atoms with Gasteiger partial charge in [-0.2, -0.15) is 0 Å². The Morgan fingerprint density at radius 1 is 1.41 bits per heavy atom. The Bertz CT molecular complexity index is 636. The summed E-state index contributed by atoms with van der Waals surface area (Å²) in [7, 11) is 0. The number of aryl methyl sites for hydroxylation is 1. The zero-order valence-corrected chi connectivity index (χ0v) is 9.84. The van der Waals surface area contributed by atoms with Gasteiger partial charge in [0.25, 0.3) is 5.56 Å². The van der Waals surface area contributed by atoms with Gasteiger partial charge in [-0.15, -0.1) is 0 Å². The van der Waals surface area contributed by atoms with Crippen LogP contribution < -0.4 is 11.3 Å². The zero-order valence-electron chi connectivity index (χ0n) is 9.02. The van der Waals surface area contributed by atoms with Crippen LogP contribution in [0, 0.1) is 5.82 Å². The lowest BCUT2D eigenvalue weighted by Gasteiger charge is -2.06. The van der Waals surface area contributed by atoms with Gasteiger partial charge in [0.15, 0.2) is 0 Å². The van der Waals surface area contributed by atoms with Crippen LogP contribution >= 0.6 is 12.2 Å². The molecule has 0 amide bonds. The van der Waals surface area contributed by atoms with Crippen molar-refractivity contribution in [2.75, 3.05) is 0 Å². The van der Waals surface area contributed by atoms with Gasteiger partial charge in [-0.05, 0) is 29.7 Å². The largest absolute Gasteiger partial charge is 0.393 e. The molecule has 0 unspecified atom stereocenters. The van der Waals surface area contributed by atoms with E-state index in [4.69, 9.17) is 18.0 Å². The standard InChI is InChI=1S/C12H11FN2OS/c13-9-1-2-10-8(7-9)3-5-15(12(10)16)6-4-11(14)17/h1-3,5,7H,4,6H2,(H2,14,17). The molecule has 0 radical (unpaired) electrons. The third-order valence-electron chi connectivity index (χ3n) is 2.54. The lowest BCUT2D eigenvalue weighted by molar-refractivity contribution is 0.629. The Labute approximate surface area is 103 Å². The van der Waals surface area contributed by atoms with Crippen molar-refractivity contribution in [3.63, 3.8) is 0 Å². The summed E-state index contributed by atoms with van der Waals surface area (Å²) < 4.78 is 14.5. The zero-order chi connectivity index (χ0) is 12.4. The summed E-state index contributed by atoms with van der Waals surface area (Å²) in [6, 6.07) is 5.82. The highest BCUT2D eigenvalue weighted by molar-refractivity contribution is 7.80. The number of nitrogens with zero attached hydrogens (tertiary/aromatic N) is 1. The third kappa shape index (κ3) is 2.50. The van der Waals surface area contributed by atoms with Crippen LogP contribution in [0.25, 0.3) is 10.8 Å². The van der Waals surface area contributed by atoms with Crippen LogP contribution in [0.4, 0.5) is 4.39 Å². The molecule has 17 heavy (non-hydrogen) atoms. The molecular weight excluding hydrogens is 239 g/mol. The van der Waals surface area contributed by atoms with Gasteiger partial charge in [-0.3, -0.25) is 4.79 Å². The number of thiocarbonyl (C=S) groups is 1. The monoisotopic (exact) mass is 250 g/mol. The first-order valence-corrected chi connectivity index (χ1v) is 5.56.